The van der Waals surface area contributed by atoms with Crippen molar-refractivity contribution in [3.05, 3.63) is 70.8 Å². The van der Waals surface area contributed by atoms with E-state index in [9.17, 15) is 9.59 Å². The van der Waals surface area contributed by atoms with Crippen LogP contribution in [0.1, 0.15) is 74.1 Å². The fourth-order valence-electron chi connectivity index (χ4n) is 4.59. The van der Waals surface area contributed by atoms with Crippen molar-refractivity contribution in [1.82, 2.24) is 35.1 Å². The zero-order chi connectivity index (χ0) is 32.2. The van der Waals surface area contributed by atoms with Crippen LogP contribution in [0.2, 0.25) is 5.15 Å². The molecular weight excluding hydrogens is 606 g/mol. The van der Waals surface area contributed by atoms with Gasteiger partial charge in [0.1, 0.15) is 11.5 Å². The van der Waals surface area contributed by atoms with Gasteiger partial charge >= 0.3 is 6.16 Å². The third-order valence-corrected chi connectivity index (χ3v) is 7.19. The molecule has 0 bridgehead atoms. The van der Waals surface area contributed by atoms with Crippen LogP contribution >= 0.6 is 11.6 Å². The number of unbranched alkanes of at least 4 members (excludes halogenated alkanes) is 3. The van der Waals surface area contributed by atoms with Gasteiger partial charge in [-0.2, -0.15) is 0 Å². The Morgan fingerprint density at radius 3 is 2.49 bits per heavy atom. The number of aldehydes is 1. The maximum absolute atomic E-state index is 12.1. The zero-order valence-corrected chi connectivity index (χ0v) is 25.8. The molecule has 0 saturated carbocycles. The number of hydrogen-bond donors (Lipinski definition) is 2. The minimum atomic E-state index is -0.870. The summed E-state index contributed by atoms with van der Waals surface area (Å²) in [5.74, 6) is 1.15. The second-order valence-corrected chi connectivity index (χ2v) is 10.5. The Morgan fingerprint density at radius 1 is 1.04 bits per heavy atom. The van der Waals surface area contributed by atoms with Crippen molar-refractivity contribution >= 4 is 24.0 Å². The molecule has 45 heavy (non-hydrogen) atoms. The fraction of sp³-hybridized carbons (Fsp3) is 0.400. The van der Waals surface area contributed by atoms with Crippen molar-refractivity contribution in [2.45, 2.75) is 65.1 Å². The van der Waals surface area contributed by atoms with Crippen molar-refractivity contribution in [3.63, 3.8) is 0 Å². The second kappa shape index (κ2) is 16.7. The van der Waals surface area contributed by atoms with Gasteiger partial charge in [0.2, 0.25) is 12.1 Å². The molecule has 240 valence electrons. The van der Waals surface area contributed by atoms with E-state index in [2.05, 4.69) is 32.2 Å². The topological polar surface area (TPSA) is 167 Å². The van der Waals surface area contributed by atoms with E-state index in [1.165, 1.54) is 4.80 Å². The summed E-state index contributed by atoms with van der Waals surface area (Å²) in [5, 5.41) is 29.5. The van der Waals surface area contributed by atoms with E-state index in [0.717, 1.165) is 53.6 Å². The van der Waals surface area contributed by atoms with Crippen molar-refractivity contribution in [1.29, 1.82) is 0 Å². The van der Waals surface area contributed by atoms with E-state index in [-0.39, 0.29) is 23.8 Å². The van der Waals surface area contributed by atoms with Gasteiger partial charge in [-0.15, -0.1) is 15.0 Å². The second-order valence-electron chi connectivity index (χ2n) is 10.1. The molecule has 4 rings (SSSR count). The minimum absolute atomic E-state index is 0.119. The van der Waals surface area contributed by atoms with Crippen LogP contribution in [0.25, 0.3) is 22.5 Å². The SMILES string of the molecule is CCCCc1nc(Cl)c(C=O)n1Cc1ccc(-c2ccccc2-c2nnn(C(C)OC(=O)OCCCCCON(O)O)n2)cc1. The number of tetrazole rings is 1. The standard InChI is InChI=1S/C30H36ClN7O7/c1-3-4-12-27-32-28(31)26(20-39)36(27)19-22-13-15-23(16-14-22)24-10-6-7-11-25(24)29-33-35-37(34-29)21(2)45-30(40)43-17-8-5-9-18-44-38(41)42/h6-7,10-11,13-16,20-21,41-42H,3-5,8-9,12,17-19H2,1-2H3. The Balaban J connectivity index is 1.38. The number of carbonyl (C=O) groups excluding carboxylic acids is 2. The lowest BCUT2D eigenvalue weighted by atomic mass is 9.98. The highest BCUT2D eigenvalue weighted by Gasteiger charge is 2.19. The average molecular weight is 642 g/mol. The number of nitrogens with zero attached hydrogens (tertiary/aromatic N) is 7. The van der Waals surface area contributed by atoms with Gasteiger partial charge in [0.15, 0.2) is 11.4 Å². The molecule has 2 aromatic carbocycles. The summed E-state index contributed by atoms with van der Waals surface area (Å²) in [5.41, 5.74) is 3.92. The van der Waals surface area contributed by atoms with Crippen LogP contribution in [0.15, 0.2) is 48.5 Å². The van der Waals surface area contributed by atoms with Gasteiger partial charge in [-0.25, -0.2) is 9.78 Å². The number of hydrogen-bond acceptors (Lipinski definition) is 12. The highest BCUT2D eigenvalue weighted by Crippen LogP contribution is 2.30. The first-order valence-electron chi connectivity index (χ1n) is 14.6. The van der Waals surface area contributed by atoms with Crippen molar-refractivity contribution < 1.29 is 34.3 Å². The molecule has 0 aliphatic rings. The number of aryl methyl sites for hydroxylation is 1. The Hall–Kier alpha value is -4.21. The molecule has 1 atom stereocenters. The van der Waals surface area contributed by atoms with E-state index in [0.29, 0.717) is 37.3 Å². The molecule has 2 aromatic heterocycles. The summed E-state index contributed by atoms with van der Waals surface area (Å²) >= 11 is 6.24. The van der Waals surface area contributed by atoms with Gasteiger partial charge in [-0.05, 0) is 54.5 Å². The van der Waals surface area contributed by atoms with Gasteiger partial charge in [0.25, 0.3) is 0 Å². The van der Waals surface area contributed by atoms with E-state index >= 15 is 0 Å². The van der Waals surface area contributed by atoms with E-state index in [1.807, 2.05) is 53.1 Å². The van der Waals surface area contributed by atoms with E-state index < -0.39 is 12.4 Å². The van der Waals surface area contributed by atoms with Crippen LogP contribution in [0.3, 0.4) is 0 Å². The van der Waals surface area contributed by atoms with Crippen molar-refractivity contribution in [2.24, 2.45) is 0 Å². The first-order chi connectivity index (χ1) is 21.8. The third kappa shape index (κ3) is 9.39. The van der Waals surface area contributed by atoms with Crippen LogP contribution in [0, 0.1) is 0 Å². The van der Waals surface area contributed by atoms with E-state index in [4.69, 9.17) is 31.5 Å². The monoisotopic (exact) mass is 641 g/mol. The molecule has 0 aliphatic heterocycles. The Morgan fingerprint density at radius 2 is 1.78 bits per heavy atom. The summed E-state index contributed by atoms with van der Waals surface area (Å²) in [6.07, 6.45) is 3.45. The van der Waals surface area contributed by atoms with Crippen LogP contribution < -0.4 is 0 Å². The number of carbonyl (C=O) groups is 2. The fourth-order valence-corrected chi connectivity index (χ4v) is 4.83. The predicted molar refractivity (Wildman–Crippen MR) is 161 cm³/mol. The number of benzene rings is 2. The highest BCUT2D eigenvalue weighted by atomic mass is 35.5. The predicted octanol–water partition coefficient (Wildman–Crippen LogP) is 5.91. The summed E-state index contributed by atoms with van der Waals surface area (Å²) in [6, 6.07) is 15.6. The molecule has 2 heterocycles. The van der Waals surface area contributed by atoms with Crippen LogP contribution in [-0.2, 0) is 27.3 Å². The van der Waals surface area contributed by atoms with Crippen molar-refractivity contribution in [3.8, 4) is 22.5 Å². The van der Waals surface area contributed by atoms with Crippen molar-refractivity contribution in [2.75, 3.05) is 13.2 Å². The number of halogens is 1. The summed E-state index contributed by atoms with van der Waals surface area (Å²) in [6.45, 7) is 4.42. The summed E-state index contributed by atoms with van der Waals surface area (Å²) in [4.78, 5) is 33.9. The van der Waals surface area contributed by atoms with Crippen LogP contribution in [0.4, 0.5) is 4.79 Å². The maximum Gasteiger partial charge on any atom is 0.510 e. The Bertz CT molecular complexity index is 1540. The number of aromatic nitrogens is 6. The molecule has 0 amide bonds. The molecule has 2 N–H and O–H groups in total. The molecule has 4 aromatic rings. The molecule has 0 saturated heterocycles. The smallest absolute Gasteiger partial charge is 0.434 e. The molecule has 1 unspecified atom stereocenters. The van der Waals surface area contributed by atoms with Gasteiger partial charge < -0.3 is 14.0 Å². The number of rotatable bonds is 17. The van der Waals surface area contributed by atoms with Gasteiger partial charge in [-0.1, -0.05) is 73.5 Å². The first kappa shape index (κ1) is 33.7. The molecule has 0 fully saturated rings. The molecule has 15 heteroatoms. The zero-order valence-electron chi connectivity index (χ0n) is 25.1. The summed E-state index contributed by atoms with van der Waals surface area (Å²) in [7, 11) is 0. The van der Waals surface area contributed by atoms with Gasteiger partial charge in [0.05, 0.1) is 18.6 Å². The normalized spacial score (nSPS) is 12.0. The van der Waals surface area contributed by atoms with Crippen LogP contribution in [-0.4, -0.2) is 71.2 Å². The quantitative estimate of drug-likeness (QED) is 0.0606. The minimum Gasteiger partial charge on any atom is -0.434 e. The lowest BCUT2D eigenvalue weighted by Gasteiger charge is -2.12. The molecule has 0 spiro atoms. The summed E-state index contributed by atoms with van der Waals surface area (Å²) < 4.78 is 12.2. The average Bonchev–Trinajstić information content (AvgIpc) is 3.64. The molecular formula is C30H36ClN7O7. The van der Waals surface area contributed by atoms with E-state index in [1.54, 1.807) is 6.92 Å². The van der Waals surface area contributed by atoms with Crippen LogP contribution in [0.5, 0.6) is 0 Å². The van der Waals surface area contributed by atoms with Gasteiger partial charge in [-0.3, -0.25) is 20.0 Å². The lowest BCUT2D eigenvalue weighted by Crippen LogP contribution is -2.18. The highest BCUT2D eigenvalue weighted by molar-refractivity contribution is 6.31. The number of ether oxygens (including phenoxy) is 2. The molecule has 0 aliphatic carbocycles. The third-order valence-electron chi connectivity index (χ3n) is 6.92. The molecule has 0 radical (unpaired) electrons. The first-order valence-corrected chi connectivity index (χ1v) is 15.0. The Labute approximate surface area is 265 Å². The van der Waals surface area contributed by atoms with Gasteiger partial charge in [0, 0.05) is 18.5 Å². The maximum atomic E-state index is 12.1. The lowest BCUT2D eigenvalue weighted by molar-refractivity contribution is -0.492. The largest absolute Gasteiger partial charge is 0.510 e. The molecule has 14 nitrogen and oxygen atoms in total. The Kier molecular flexibility index (Phi) is 12.5. The number of imidazole rings is 1.